The summed E-state index contributed by atoms with van der Waals surface area (Å²) in [6.45, 7) is 4.55. The molecule has 3 heterocycles. The van der Waals surface area contributed by atoms with Gasteiger partial charge in [0.2, 0.25) is 5.91 Å². The van der Waals surface area contributed by atoms with Crippen LogP contribution in [0.15, 0.2) is 54.9 Å². The van der Waals surface area contributed by atoms with Crippen molar-refractivity contribution < 1.29 is 4.79 Å². The fourth-order valence-corrected chi connectivity index (χ4v) is 3.45. The van der Waals surface area contributed by atoms with Gasteiger partial charge in [-0.05, 0) is 30.7 Å². The van der Waals surface area contributed by atoms with Gasteiger partial charge < -0.3 is 9.80 Å². The van der Waals surface area contributed by atoms with Crippen molar-refractivity contribution >= 4 is 29.4 Å². The molecule has 3 aromatic rings. The number of aryl methyl sites for hydroxylation is 1. The van der Waals surface area contributed by atoms with Gasteiger partial charge in [-0.25, -0.2) is 14.6 Å². The van der Waals surface area contributed by atoms with Gasteiger partial charge in [-0.15, -0.1) is 0 Å². The summed E-state index contributed by atoms with van der Waals surface area (Å²) in [5.74, 6) is 2.26. The largest absolute Gasteiger partial charge is 0.353 e. The van der Waals surface area contributed by atoms with E-state index in [1.54, 1.807) is 23.0 Å². The fraction of sp³-hybridized carbons (Fsp3) is 0.238. The number of anilines is 1. The molecule has 1 fully saturated rings. The molecule has 2 aromatic heterocycles. The summed E-state index contributed by atoms with van der Waals surface area (Å²) in [6.07, 6.45) is 6.92. The van der Waals surface area contributed by atoms with Gasteiger partial charge in [0.15, 0.2) is 5.82 Å². The monoisotopic (exact) mass is 408 g/mol. The summed E-state index contributed by atoms with van der Waals surface area (Å²) in [5, 5.41) is 4.87. The lowest BCUT2D eigenvalue weighted by Gasteiger charge is -2.35. The Morgan fingerprint density at radius 1 is 1.07 bits per heavy atom. The van der Waals surface area contributed by atoms with Crippen LogP contribution in [0.25, 0.3) is 11.9 Å². The lowest BCUT2D eigenvalue weighted by Crippen LogP contribution is -2.48. The van der Waals surface area contributed by atoms with Crippen molar-refractivity contribution in [3.8, 4) is 5.82 Å². The van der Waals surface area contributed by atoms with E-state index in [9.17, 15) is 4.79 Å². The van der Waals surface area contributed by atoms with Crippen LogP contribution in [0.4, 0.5) is 5.82 Å². The predicted octanol–water partition coefficient (Wildman–Crippen LogP) is 2.99. The second kappa shape index (κ2) is 8.45. The highest BCUT2D eigenvalue weighted by atomic mass is 35.5. The molecular weight excluding hydrogens is 388 g/mol. The van der Waals surface area contributed by atoms with Gasteiger partial charge in [0.1, 0.15) is 11.6 Å². The number of hydrogen-bond donors (Lipinski definition) is 0. The van der Waals surface area contributed by atoms with E-state index in [-0.39, 0.29) is 5.91 Å². The minimum absolute atomic E-state index is 0.0133. The van der Waals surface area contributed by atoms with Crippen molar-refractivity contribution in [2.24, 2.45) is 0 Å². The van der Waals surface area contributed by atoms with Gasteiger partial charge in [-0.1, -0.05) is 29.8 Å². The van der Waals surface area contributed by atoms with Crippen molar-refractivity contribution in [2.45, 2.75) is 6.92 Å². The summed E-state index contributed by atoms with van der Waals surface area (Å²) in [5.41, 5.74) is 0.837. The van der Waals surface area contributed by atoms with Gasteiger partial charge >= 0.3 is 0 Å². The fourth-order valence-electron chi connectivity index (χ4n) is 3.25. The summed E-state index contributed by atoms with van der Waals surface area (Å²) in [7, 11) is 0. The molecule has 0 bridgehead atoms. The van der Waals surface area contributed by atoms with Gasteiger partial charge in [0, 0.05) is 55.7 Å². The smallest absolute Gasteiger partial charge is 0.246 e. The zero-order valence-corrected chi connectivity index (χ0v) is 16.8. The quantitative estimate of drug-likeness (QED) is 0.621. The molecule has 0 aliphatic carbocycles. The highest BCUT2D eigenvalue weighted by Crippen LogP contribution is 2.19. The molecule has 0 spiro atoms. The average Bonchev–Trinajstić information content (AvgIpc) is 3.28. The zero-order chi connectivity index (χ0) is 20.2. The molecule has 4 rings (SSSR count). The molecule has 148 valence electrons. The number of hydrogen-bond acceptors (Lipinski definition) is 5. The summed E-state index contributed by atoms with van der Waals surface area (Å²) in [6, 6.07) is 11.3. The Bertz CT molecular complexity index is 1030. The second-order valence-electron chi connectivity index (χ2n) is 6.75. The van der Waals surface area contributed by atoms with Crippen LogP contribution in [-0.2, 0) is 4.79 Å². The van der Waals surface area contributed by atoms with Crippen molar-refractivity contribution in [1.29, 1.82) is 0 Å². The van der Waals surface area contributed by atoms with Crippen LogP contribution in [0.1, 0.15) is 11.4 Å². The summed E-state index contributed by atoms with van der Waals surface area (Å²) >= 11 is 6.14. The van der Waals surface area contributed by atoms with Crippen molar-refractivity contribution in [3.05, 3.63) is 71.3 Å². The van der Waals surface area contributed by atoms with E-state index in [2.05, 4.69) is 20.0 Å². The SMILES string of the molecule is Cc1nc(N2CCN(C(=O)/C=C/c3ccccc3Cl)CC2)cc(-n2cccn2)n1. The molecule has 0 unspecified atom stereocenters. The maximum absolute atomic E-state index is 12.5. The van der Waals surface area contributed by atoms with Crippen LogP contribution >= 0.6 is 11.6 Å². The average molecular weight is 409 g/mol. The molecular formula is C21H21ClN6O. The predicted molar refractivity (Wildman–Crippen MR) is 113 cm³/mol. The number of aromatic nitrogens is 4. The van der Waals surface area contributed by atoms with E-state index in [1.807, 2.05) is 54.4 Å². The number of benzene rings is 1. The first-order valence-corrected chi connectivity index (χ1v) is 9.80. The Balaban J connectivity index is 1.41. The number of rotatable bonds is 4. The molecule has 1 saturated heterocycles. The Morgan fingerprint density at radius 3 is 2.55 bits per heavy atom. The maximum Gasteiger partial charge on any atom is 0.246 e. The molecule has 7 nitrogen and oxygen atoms in total. The van der Waals surface area contributed by atoms with Crippen LogP contribution in [0.2, 0.25) is 5.02 Å². The Kier molecular flexibility index (Phi) is 5.57. The van der Waals surface area contributed by atoms with Gasteiger partial charge in [0.05, 0.1) is 0 Å². The molecule has 1 amide bonds. The van der Waals surface area contributed by atoms with Crippen LogP contribution in [0, 0.1) is 6.92 Å². The van der Waals surface area contributed by atoms with Gasteiger partial charge in [-0.3, -0.25) is 4.79 Å². The lowest BCUT2D eigenvalue weighted by molar-refractivity contribution is -0.126. The maximum atomic E-state index is 12.5. The molecule has 0 saturated carbocycles. The third-order valence-corrected chi connectivity index (χ3v) is 5.12. The molecule has 1 aromatic carbocycles. The van der Waals surface area contributed by atoms with E-state index in [0.717, 1.165) is 17.2 Å². The van der Waals surface area contributed by atoms with Crippen molar-refractivity contribution in [3.63, 3.8) is 0 Å². The molecule has 8 heteroatoms. The number of halogens is 1. The second-order valence-corrected chi connectivity index (χ2v) is 7.16. The van der Waals surface area contributed by atoms with E-state index in [1.165, 1.54) is 0 Å². The molecule has 0 N–H and O–H groups in total. The van der Waals surface area contributed by atoms with Crippen LogP contribution in [-0.4, -0.2) is 56.7 Å². The summed E-state index contributed by atoms with van der Waals surface area (Å²) < 4.78 is 1.72. The van der Waals surface area contributed by atoms with E-state index in [0.29, 0.717) is 37.0 Å². The number of carbonyl (C=O) groups is 1. The van der Waals surface area contributed by atoms with Gasteiger partial charge in [-0.2, -0.15) is 5.10 Å². The normalized spacial score (nSPS) is 14.6. The van der Waals surface area contributed by atoms with Crippen LogP contribution in [0.3, 0.4) is 0 Å². The minimum Gasteiger partial charge on any atom is -0.353 e. The molecule has 29 heavy (non-hydrogen) atoms. The van der Waals surface area contributed by atoms with Gasteiger partial charge in [0.25, 0.3) is 0 Å². The minimum atomic E-state index is -0.0133. The number of nitrogens with zero attached hydrogens (tertiary/aromatic N) is 6. The van der Waals surface area contributed by atoms with Crippen LogP contribution < -0.4 is 4.90 Å². The Labute approximate surface area is 174 Å². The topological polar surface area (TPSA) is 67.2 Å². The zero-order valence-electron chi connectivity index (χ0n) is 16.1. The van der Waals surface area contributed by atoms with Crippen molar-refractivity contribution in [2.75, 3.05) is 31.1 Å². The number of amides is 1. The highest BCUT2D eigenvalue weighted by Gasteiger charge is 2.21. The first kappa shape index (κ1) is 19.1. The highest BCUT2D eigenvalue weighted by molar-refractivity contribution is 6.32. The molecule has 1 aliphatic rings. The standard InChI is InChI=1S/C21H21ClN6O/c1-16-24-19(15-20(25-16)28-10-4-9-23-28)26-11-13-27(14-12-26)21(29)8-7-17-5-2-3-6-18(17)22/h2-10,15H,11-14H2,1H3/b8-7+. The first-order chi connectivity index (χ1) is 14.1. The van der Waals surface area contributed by atoms with E-state index >= 15 is 0 Å². The first-order valence-electron chi connectivity index (χ1n) is 9.42. The van der Waals surface area contributed by atoms with E-state index < -0.39 is 0 Å². The Hall–Kier alpha value is -3.19. The summed E-state index contributed by atoms with van der Waals surface area (Å²) in [4.78, 5) is 25.6. The third-order valence-electron chi connectivity index (χ3n) is 4.78. The molecule has 1 aliphatic heterocycles. The molecule has 0 radical (unpaired) electrons. The Morgan fingerprint density at radius 2 is 1.83 bits per heavy atom. The van der Waals surface area contributed by atoms with Crippen molar-refractivity contribution in [1.82, 2.24) is 24.6 Å². The lowest BCUT2D eigenvalue weighted by atomic mass is 10.2. The number of carbonyl (C=O) groups excluding carboxylic acids is 1. The third kappa shape index (κ3) is 4.46. The number of piperazine rings is 1. The van der Waals surface area contributed by atoms with Crippen LogP contribution in [0.5, 0.6) is 0 Å². The molecule has 0 atom stereocenters. The van der Waals surface area contributed by atoms with E-state index in [4.69, 9.17) is 11.6 Å².